The van der Waals surface area contributed by atoms with Crippen LogP contribution in [0.5, 0.6) is 0 Å². The first-order valence-electron chi connectivity index (χ1n) is 10.1. The van der Waals surface area contributed by atoms with Gasteiger partial charge in [0.25, 0.3) is 5.56 Å². The fourth-order valence-corrected chi connectivity index (χ4v) is 4.33. The van der Waals surface area contributed by atoms with Gasteiger partial charge in [-0.25, -0.2) is 4.39 Å². The molecule has 1 saturated heterocycles. The van der Waals surface area contributed by atoms with Crippen LogP contribution < -0.4 is 21.1 Å². The molecule has 2 aromatic rings. The number of hydrogen-bond acceptors (Lipinski definition) is 5. The molecule has 1 fully saturated rings. The second kappa shape index (κ2) is 7.89. The predicted octanol–water partition coefficient (Wildman–Crippen LogP) is 2.46. The van der Waals surface area contributed by atoms with Crippen molar-refractivity contribution in [2.75, 3.05) is 28.6 Å². The predicted molar refractivity (Wildman–Crippen MR) is 111 cm³/mol. The summed E-state index contributed by atoms with van der Waals surface area (Å²) in [6, 6.07) is 5.28. The molecule has 2 aliphatic rings. The van der Waals surface area contributed by atoms with E-state index in [9.17, 15) is 18.8 Å². The van der Waals surface area contributed by atoms with Crippen molar-refractivity contribution < 1.29 is 14.0 Å². The number of halogens is 1. The summed E-state index contributed by atoms with van der Waals surface area (Å²) in [5.41, 5.74) is 0.0717. The van der Waals surface area contributed by atoms with E-state index in [1.807, 2.05) is 4.90 Å². The van der Waals surface area contributed by atoms with Crippen LogP contribution in [-0.2, 0) is 9.59 Å². The highest BCUT2D eigenvalue weighted by atomic mass is 19.1. The van der Waals surface area contributed by atoms with Crippen LogP contribution in [0.4, 0.5) is 21.8 Å². The van der Waals surface area contributed by atoms with Crippen molar-refractivity contribution in [2.24, 2.45) is 11.8 Å². The van der Waals surface area contributed by atoms with Gasteiger partial charge >= 0.3 is 0 Å². The quantitative estimate of drug-likeness (QED) is 0.717. The van der Waals surface area contributed by atoms with Gasteiger partial charge in [0.05, 0.1) is 11.5 Å². The zero-order valence-electron chi connectivity index (χ0n) is 16.9. The first-order chi connectivity index (χ1) is 14.3. The van der Waals surface area contributed by atoms with Crippen LogP contribution in [0.1, 0.15) is 38.2 Å². The Balaban J connectivity index is 1.64. The van der Waals surface area contributed by atoms with Gasteiger partial charge in [0.2, 0.25) is 17.8 Å². The molecule has 2 aliphatic heterocycles. The fourth-order valence-electron chi connectivity index (χ4n) is 4.33. The van der Waals surface area contributed by atoms with Crippen LogP contribution in [-0.4, -0.2) is 34.9 Å². The maximum atomic E-state index is 13.1. The van der Waals surface area contributed by atoms with Crippen molar-refractivity contribution in [3.8, 4) is 0 Å². The van der Waals surface area contributed by atoms with Crippen molar-refractivity contribution in [1.82, 2.24) is 9.97 Å². The molecule has 0 aliphatic carbocycles. The Kier molecular flexibility index (Phi) is 5.27. The van der Waals surface area contributed by atoms with E-state index in [2.05, 4.69) is 34.4 Å². The maximum absolute atomic E-state index is 13.1. The van der Waals surface area contributed by atoms with Gasteiger partial charge in [-0.1, -0.05) is 13.8 Å². The topological polar surface area (TPSA) is 107 Å². The lowest BCUT2D eigenvalue weighted by molar-refractivity contribution is -0.123. The highest BCUT2D eigenvalue weighted by molar-refractivity contribution is 6.04. The lowest BCUT2D eigenvalue weighted by Gasteiger charge is -2.35. The highest BCUT2D eigenvalue weighted by Gasteiger charge is 2.35. The minimum absolute atomic E-state index is 0.120. The molecule has 3 unspecified atom stereocenters. The average molecular weight is 413 g/mol. The Morgan fingerprint density at radius 3 is 2.50 bits per heavy atom. The largest absolute Gasteiger partial charge is 0.342 e. The third kappa shape index (κ3) is 4.05. The number of carbonyl (C=O) groups excluding carboxylic acids is 2. The van der Waals surface area contributed by atoms with Gasteiger partial charge in [-0.2, -0.15) is 4.98 Å². The van der Waals surface area contributed by atoms with Crippen LogP contribution in [0, 0.1) is 17.7 Å². The number of hydrogen-bond donors (Lipinski definition) is 3. The summed E-state index contributed by atoms with van der Waals surface area (Å²) in [5, 5.41) is 5.27. The van der Waals surface area contributed by atoms with Crippen LogP contribution >= 0.6 is 0 Å². The number of aromatic amines is 1. The second-order valence-corrected chi connectivity index (χ2v) is 8.30. The Hall–Kier alpha value is -3.23. The Bertz CT molecular complexity index is 1030. The summed E-state index contributed by atoms with van der Waals surface area (Å²) in [6.07, 6.45) is 0.940. The van der Waals surface area contributed by atoms with Crippen molar-refractivity contribution in [3.63, 3.8) is 0 Å². The molecular formula is C21H24FN5O3. The summed E-state index contributed by atoms with van der Waals surface area (Å²) < 4.78 is 13.1. The molecule has 0 saturated carbocycles. The normalized spacial score (nSPS) is 23.5. The van der Waals surface area contributed by atoms with Crippen molar-refractivity contribution >= 4 is 29.3 Å². The van der Waals surface area contributed by atoms with Crippen molar-refractivity contribution in [3.05, 3.63) is 46.0 Å². The van der Waals surface area contributed by atoms with Crippen LogP contribution in [0.15, 0.2) is 29.1 Å². The molecule has 3 N–H and O–H groups in total. The third-order valence-electron chi connectivity index (χ3n) is 5.54. The summed E-state index contributed by atoms with van der Waals surface area (Å²) in [5.74, 6) is -0.873. The number of carbonyl (C=O) groups is 2. The number of piperidine rings is 1. The number of nitrogens with one attached hydrogen (secondary N) is 3. The zero-order valence-corrected chi connectivity index (χ0v) is 16.9. The molecule has 0 spiro atoms. The molecule has 158 valence electrons. The summed E-state index contributed by atoms with van der Waals surface area (Å²) in [4.78, 5) is 47.2. The number of nitrogens with zero attached hydrogens (tertiary/aromatic N) is 2. The molecular weight excluding hydrogens is 389 g/mol. The SMILES string of the molecule is CC1CC(C)CN(c2nc3c(c(=O)[nH]2)C(C(=O)Nc2ccc(F)cc2)CC(=O)N3)C1. The van der Waals surface area contributed by atoms with E-state index in [0.717, 1.165) is 19.5 Å². The molecule has 9 heteroatoms. The van der Waals surface area contributed by atoms with E-state index < -0.39 is 23.2 Å². The first-order valence-corrected chi connectivity index (χ1v) is 10.1. The Morgan fingerprint density at radius 1 is 1.17 bits per heavy atom. The van der Waals surface area contributed by atoms with E-state index in [1.54, 1.807) is 0 Å². The van der Waals surface area contributed by atoms with Gasteiger partial charge < -0.3 is 15.5 Å². The summed E-state index contributed by atoms with van der Waals surface area (Å²) >= 11 is 0. The van der Waals surface area contributed by atoms with E-state index >= 15 is 0 Å². The van der Waals surface area contributed by atoms with E-state index in [-0.39, 0.29) is 23.7 Å². The monoisotopic (exact) mass is 413 g/mol. The number of aromatic nitrogens is 2. The molecule has 4 rings (SSSR count). The molecule has 0 bridgehead atoms. The van der Waals surface area contributed by atoms with Crippen LogP contribution in [0.25, 0.3) is 0 Å². The van der Waals surface area contributed by atoms with E-state index in [4.69, 9.17) is 0 Å². The smallest absolute Gasteiger partial charge is 0.258 e. The molecule has 3 atom stereocenters. The lowest BCUT2D eigenvalue weighted by atomic mass is 9.91. The zero-order chi connectivity index (χ0) is 21.4. The van der Waals surface area contributed by atoms with Gasteiger partial charge in [-0.05, 0) is 42.5 Å². The van der Waals surface area contributed by atoms with E-state index in [1.165, 1.54) is 24.3 Å². The maximum Gasteiger partial charge on any atom is 0.258 e. The lowest BCUT2D eigenvalue weighted by Crippen LogP contribution is -2.42. The molecule has 1 aromatic heterocycles. The van der Waals surface area contributed by atoms with Gasteiger partial charge in [0, 0.05) is 25.2 Å². The number of fused-ring (bicyclic) bond motifs is 1. The standard InChI is InChI=1S/C21H24FN5O3/c1-11-7-12(2)10-27(9-11)21-25-18-17(20(30)26-21)15(8-16(28)24-18)19(29)23-14-5-3-13(22)4-6-14/h3-6,11-12,15H,7-10H2,1-2H3,(H,23,29)(H2,24,25,26,28,30). The van der Waals surface area contributed by atoms with Gasteiger partial charge in [0.1, 0.15) is 11.6 Å². The molecule has 1 aromatic carbocycles. The van der Waals surface area contributed by atoms with Gasteiger partial charge in [0.15, 0.2) is 0 Å². The second-order valence-electron chi connectivity index (χ2n) is 8.30. The Morgan fingerprint density at radius 2 is 1.83 bits per heavy atom. The number of rotatable bonds is 3. The summed E-state index contributed by atoms with van der Waals surface area (Å²) in [7, 11) is 0. The first kappa shape index (κ1) is 20.1. The Labute approximate surface area is 172 Å². The third-order valence-corrected chi connectivity index (χ3v) is 5.54. The number of H-pyrrole nitrogens is 1. The minimum atomic E-state index is -0.983. The molecule has 3 heterocycles. The van der Waals surface area contributed by atoms with Gasteiger partial charge in [-0.15, -0.1) is 0 Å². The molecule has 0 radical (unpaired) electrons. The van der Waals surface area contributed by atoms with E-state index in [0.29, 0.717) is 23.5 Å². The molecule has 2 amide bonds. The fraction of sp³-hybridized carbons (Fsp3) is 0.429. The molecule has 8 nitrogen and oxygen atoms in total. The highest BCUT2D eigenvalue weighted by Crippen LogP contribution is 2.31. The van der Waals surface area contributed by atoms with Gasteiger partial charge in [-0.3, -0.25) is 19.4 Å². The minimum Gasteiger partial charge on any atom is -0.342 e. The average Bonchev–Trinajstić information content (AvgIpc) is 2.68. The molecule has 30 heavy (non-hydrogen) atoms. The number of amides is 2. The summed E-state index contributed by atoms with van der Waals surface area (Å²) in [6.45, 7) is 5.82. The number of anilines is 3. The number of benzene rings is 1. The van der Waals surface area contributed by atoms with Crippen LogP contribution in [0.2, 0.25) is 0 Å². The van der Waals surface area contributed by atoms with Crippen molar-refractivity contribution in [1.29, 1.82) is 0 Å². The van der Waals surface area contributed by atoms with Crippen LogP contribution in [0.3, 0.4) is 0 Å². The van der Waals surface area contributed by atoms with Crippen molar-refractivity contribution in [2.45, 2.75) is 32.6 Å².